The maximum absolute atomic E-state index is 11.6. The number of benzene rings is 3. The van der Waals surface area contributed by atoms with Gasteiger partial charge in [0.1, 0.15) is 22.0 Å². The molecule has 0 aliphatic rings. The zero-order valence-electron chi connectivity index (χ0n) is 14.8. The lowest BCUT2D eigenvalue weighted by Gasteiger charge is -2.09. The summed E-state index contributed by atoms with van der Waals surface area (Å²) >= 11 is 0. The Labute approximate surface area is 165 Å². The van der Waals surface area contributed by atoms with Gasteiger partial charge in [-0.2, -0.15) is 16.8 Å². The Bertz CT molecular complexity index is 1380. The molecule has 0 bridgehead atoms. The first-order chi connectivity index (χ1) is 13.4. The largest absolute Gasteiger partial charge is 0.507 e. The monoisotopic (exact) mass is 437 g/mol. The molecule has 5 N–H and O–H groups in total. The average Bonchev–Trinajstić information content (AvgIpc) is 2.60. The zero-order chi connectivity index (χ0) is 21.6. The van der Waals surface area contributed by atoms with E-state index in [4.69, 9.17) is 5.73 Å². The first kappa shape index (κ1) is 20.7. The second kappa shape index (κ2) is 7.08. The van der Waals surface area contributed by atoms with Crippen molar-refractivity contribution >= 4 is 48.1 Å². The maximum Gasteiger partial charge on any atom is 0.296 e. The molecule has 0 saturated carbocycles. The first-order valence-electron chi connectivity index (χ1n) is 7.90. The number of hydrogen-bond acceptors (Lipinski definition) is 8. The Balaban J connectivity index is 2.23. The van der Waals surface area contributed by atoms with Gasteiger partial charge in [-0.3, -0.25) is 9.11 Å². The predicted octanol–water partition coefficient (Wildman–Crippen LogP) is 3.34. The Hall–Kier alpha value is -3.06. The van der Waals surface area contributed by atoms with Crippen LogP contribution >= 0.6 is 0 Å². The highest BCUT2D eigenvalue weighted by molar-refractivity contribution is 7.86. The Morgan fingerprint density at radius 3 is 2.21 bits per heavy atom. The highest BCUT2D eigenvalue weighted by atomic mass is 32.2. The maximum atomic E-state index is 11.6. The molecule has 152 valence electrons. The standard InChI is InChI=1S/C17H15N3O7S2/c1-9-2-3-10-6-12(28(22,23)24)8-14(21)16(10)17(9)20-19-13-5-4-11(18)7-15(13)29(25,26)27/h2-8,21H,18H2,1H3,(H,22,23,24)(H,25,26,27). The van der Waals surface area contributed by atoms with Crippen molar-refractivity contribution in [3.63, 3.8) is 0 Å². The quantitative estimate of drug-likeness (QED) is 0.272. The molecule has 0 fully saturated rings. The fourth-order valence-corrected chi connectivity index (χ4v) is 3.90. The molecule has 0 aromatic heterocycles. The smallest absolute Gasteiger partial charge is 0.296 e. The highest BCUT2D eigenvalue weighted by Gasteiger charge is 2.18. The summed E-state index contributed by atoms with van der Waals surface area (Å²) in [7, 11) is -9.16. The van der Waals surface area contributed by atoms with Crippen LogP contribution in [0.5, 0.6) is 5.75 Å². The molecule has 0 amide bonds. The zero-order valence-corrected chi connectivity index (χ0v) is 16.4. The number of azo groups is 1. The summed E-state index contributed by atoms with van der Waals surface area (Å²) in [6.45, 7) is 1.65. The Kier molecular flexibility index (Phi) is 5.04. The average molecular weight is 437 g/mol. The van der Waals surface area contributed by atoms with Crippen LogP contribution in [-0.4, -0.2) is 31.0 Å². The molecule has 10 nitrogen and oxygen atoms in total. The molecule has 0 spiro atoms. The van der Waals surface area contributed by atoms with E-state index in [1.54, 1.807) is 13.0 Å². The number of hydrogen-bond donors (Lipinski definition) is 4. The third-order valence-corrected chi connectivity index (χ3v) is 5.78. The second-order valence-electron chi connectivity index (χ2n) is 6.15. The van der Waals surface area contributed by atoms with E-state index in [0.29, 0.717) is 5.56 Å². The van der Waals surface area contributed by atoms with Crippen molar-refractivity contribution in [3.05, 3.63) is 48.0 Å². The van der Waals surface area contributed by atoms with Gasteiger partial charge in [0.25, 0.3) is 20.2 Å². The minimum Gasteiger partial charge on any atom is -0.507 e. The summed E-state index contributed by atoms with van der Waals surface area (Å²) in [5, 5.41) is 18.6. The number of nitrogens with zero attached hydrogens (tertiary/aromatic N) is 2. The van der Waals surface area contributed by atoms with Crippen LogP contribution in [0.3, 0.4) is 0 Å². The van der Waals surface area contributed by atoms with Crippen molar-refractivity contribution < 1.29 is 31.0 Å². The van der Waals surface area contributed by atoms with Crippen molar-refractivity contribution in [3.8, 4) is 5.75 Å². The molecule has 0 radical (unpaired) electrons. The molecule has 3 aromatic rings. The van der Waals surface area contributed by atoms with Crippen LogP contribution in [-0.2, 0) is 20.2 Å². The number of phenolic OH excluding ortho intramolecular Hbond substituents is 1. The molecular formula is C17H15N3O7S2. The number of rotatable bonds is 4. The molecule has 0 aliphatic heterocycles. The molecule has 0 heterocycles. The SMILES string of the molecule is Cc1ccc2cc(S(=O)(=O)O)cc(O)c2c1N=Nc1ccc(N)cc1S(=O)(=O)O. The summed E-state index contributed by atoms with van der Waals surface area (Å²) in [5.74, 6) is -0.472. The van der Waals surface area contributed by atoms with Gasteiger partial charge >= 0.3 is 0 Å². The third kappa shape index (κ3) is 4.19. The number of anilines is 1. The summed E-state index contributed by atoms with van der Waals surface area (Å²) in [4.78, 5) is -1.04. The lowest BCUT2D eigenvalue weighted by atomic mass is 10.0. The topological polar surface area (TPSA) is 180 Å². The molecule has 0 atom stereocenters. The van der Waals surface area contributed by atoms with E-state index in [1.165, 1.54) is 18.2 Å². The van der Waals surface area contributed by atoms with Gasteiger partial charge in [-0.1, -0.05) is 12.1 Å². The molecule has 0 unspecified atom stereocenters. The number of nitrogen functional groups attached to an aromatic ring is 1. The van der Waals surface area contributed by atoms with Crippen molar-refractivity contribution in [1.82, 2.24) is 0 Å². The summed E-state index contributed by atoms with van der Waals surface area (Å²) < 4.78 is 64.4. The van der Waals surface area contributed by atoms with Crippen molar-refractivity contribution in [2.45, 2.75) is 16.7 Å². The van der Waals surface area contributed by atoms with Crippen LogP contribution < -0.4 is 5.73 Å². The Morgan fingerprint density at radius 2 is 1.59 bits per heavy atom. The van der Waals surface area contributed by atoms with Gasteiger partial charge < -0.3 is 10.8 Å². The highest BCUT2D eigenvalue weighted by Crippen LogP contribution is 2.39. The fourth-order valence-electron chi connectivity index (χ4n) is 2.70. The first-order valence-corrected chi connectivity index (χ1v) is 10.8. The van der Waals surface area contributed by atoms with Gasteiger partial charge in [0.05, 0.1) is 10.3 Å². The third-order valence-electron chi connectivity index (χ3n) is 4.06. The lowest BCUT2D eigenvalue weighted by molar-refractivity contribution is 0.471. The molecule has 3 aromatic carbocycles. The van der Waals surface area contributed by atoms with E-state index >= 15 is 0 Å². The minimum absolute atomic E-state index is 0.0910. The normalized spacial score (nSPS) is 12.7. The number of aryl methyl sites for hydroxylation is 1. The summed E-state index contributed by atoms with van der Waals surface area (Å²) in [6, 6.07) is 8.75. The van der Waals surface area contributed by atoms with Crippen molar-refractivity contribution in [2.24, 2.45) is 10.2 Å². The molecule has 12 heteroatoms. The molecule has 29 heavy (non-hydrogen) atoms. The van der Waals surface area contributed by atoms with Gasteiger partial charge in [-0.05, 0) is 42.1 Å². The van der Waals surface area contributed by atoms with Crippen LogP contribution in [0.15, 0.2) is 62.5 Å². The van der Waals surface area contributed by atoms with Crippen LogP contribution in [0, 0.1) is 6.92 Å². The predicted molar refractivity (Wildman–Crippen MR) is 105 cm³/mol. The molecule has 0 saturated heterocycles. The van der Waals surface area contributed by atoms with E-state index in [1.807, 2.05) is 0 Å². The van der Waals surface area contributed by atoms with E-state index in [0.717, 1.165) is 18.2 Å². The number of phenols is 1. The van der Waals surface area contributed by atoms with Crippen LogP contribution in [0.2, 0.25) is 0 Å². The van der Waals surface area contributed by atoms with Crippen molar-refractivity contribution in [1.29, 1.82) is 0 Å². The van der Waals surface area contributed by atoms with Gasteiger partial charge in [0.2, 0.25) is 0 Å². The second-order valence-corrected chi connectivity index (χ2v) is 8.96. The Morgan fingerprint density at radius 1 is 0.897 bits per heavy atom. The van der Waals surface area contributed by atoms with E-state index in [2.05, 4.69) is 10.2 Å². The van der Waals surface area contributed by atoms with Crippen LogP contribution in [0.4, 0.5) is 17.1 Å². The molecule has 0 aliphatic carbocycles. The fraction of sp³-hybridized carbons (Fsp3) is 0.0588. The number of nitrogens with two attached hydrogens (primary N) is 1. The number of aromatic hydroxyl groups is 1. The number of fused-ring (bicyclic) bond motifs is 1. The molecular weight excluding hydrogens is 422 g/mol. The van der Waals surface area contributed by atoms with E-state index < -0.39 is 35.8 Å². The van der Waals surface area contributed by atoms with E-state index in [-0.39, 0.29) is 27.8 Å². The van der Waals surface area contributed by atoms with Gasteiger partial charge in [0, 0.05) is 11.8 Å². The van der Waals surface area contributed by atoms with Gasteiger partial charge in [-0.15, -0.1) is 10.2 Å². The minimum atomic E-state index is -4.62. The van der Waals surface area contributed by atoms with E-state index in [9.17, 15) is 31.0 Å². The summed E-state index contributed by atoms with van der Waals surface area (Å²) in [6.07, 6.45) is 0. The summed E-state index contributed by atoms with van der Waals surface area (Å²) in [5.41, 5.74) is 6.13. The van der Waals surface area contributed by atoms with Crippen LogP contribution in [0.1, 0.15) is 5.56 Å². The lowest BCUT2D eigenvalue weighted by Crippen LogP contribution is -1.99. The van der Waals surface area contributed by atoms with Gasteiger partial charge in [-0.25, -0.2) is 0 Å². The molecule has 3 rings (SSSR count). The van der Waals surface area contributed by atoms with Crippen LogP contribution in [0.25, 0.3) is 10.8 Å². The van der Waals surface area contributed by atoms with Crippen molar-refractivity contribution in [2.75, 3.05) is 5.73 Å². The van der Waals surface area contributed by atoms with Gasteiger partial charge in [0.15, 0.2) is 0 Å².